The van der Waals surface area contributed by atoms with Crippen LogP contribution < -0.4 is 9.47 Å². The minimum absolute atomic E-state index is 0.00844. The van der Waals surface area contributed by atoms with E-state index in [2.05, 4.69) is 26.1 Å². The highest BCUT2D eigenvalue weighted by Crippen LogP contribution is 2.64. The summed E-state index contributed by atoms with van der Waals surface area (Å²) in [6, 6.07) is 5.39. The van der Waals surface area contributed by atoms with Crippen LogP contribution in [-0.4, -0.2) is 34.7 Å². The zero-order valence-electron chi connectivity index (χ0n) is 17.2. The molecule has 6 rings (SSSR count). The van der Waals surface area contributed by atoms with Gasteiger partial charge in [-0.05, 0) is 68.6 Å². The Labute approximate surface area is 183 Å². The summed E-state index contributed by atoms with van der Waals surface area (Å²) in [7, 11) is 3.16. The van der Waals surface area contributed by atoms with Gasteiger partial charge in [-0.3, -0.25) is 4.79 Å². The van der Waals surface area contributed by atoms with Gasteiger partial charge in [0.2, 0.25) is 5.82 Å². The van der Waals surface area contributed by atoms with Crippen LogP contribution in [0.2, 0.25) is 0 Å². The van der Waals surface area contributed by atoms with Crippen molar-refractivity contribution in [3.05, 3.63) is 24.1 Å². The van der Waals surface area contributed by atoms with Gasteiger partial charge in [-0.25, -0.2) is 0 Å². The van der Waals surface area contributed by atoms with Crippen molar-refractivity contribution >= 4 is 21.9 Å². The zero-order valence-corrected chi connectivity index (χ0v) is 18.7. The molecule has 0 N–H and O–H groups in total. The molecule has 4 aliphatic carbocycles. The van der Waals surface area contributed by atoms with Gasteiger partial charge >= 0.3 is 5.97 Å². The van der Waals surface area contributed by atoms with Gasteiger partial charge in [0.1, 0.15) is 0 Å². The van der Waals surface area contributed by atoms with Gasteiger partial charge in [0.25, 0.3) is 5.89 Å². The van der Waals surface area contributed by atoms with Crippen molar-refractivity contribution in [2.75, 3.05) is 14.2 Å². The molecule has 2 unspecified atom stereocenters. The Morgan fingerprint density at radius 2 is 1.90 bits per heavy atom. The Kier molecular flexibility index (Phi) is 4.80. The van der Waals surface area contributed by atoms with Crippen LogP contribution in [0.1, 0.15) is 44.4 Å². The average molecular weight is 477 g/mol. The first-order valence-electron chi connectivity index (χ1n) is 10.3. The number of ether oxygens (including phenoxy) is 3. The standard InChI is InChI=1S/C22H25BrN2O5/c1-27-16-4-3-15(6-17(16)28-2)19-24-18(30-25-19)11-29-20(26)21-7-13-5-14(8-21)10-22(23,9-13)12-21/h3-4,6,13-14H,5,7-12H2,1-2H3. The first-order valence-corrected chi connectivity index (χ1v) is 11.1. The van der Waals surface area contributed by atoms with Crippen molar-refractivity contribution in [2.24, 2.45) is 17.3 Å². The Morgan fingerprint density at radius 1 is 1.17 bits per heavy atom. The number of alkyl halides is 1. The third-order valence-corrected chi connectivity index (χ3v) is 7.79. The van der Waals surface area contributed by atoms with Gasteiger partial charge in [-0.1, -0.05) is 21.1 Å². The van der Waals surface area contributed by atoms with Crippen LogP contribution in [0.25, 0.3) is 11.4 Å². The van der Waals surface area contributed by atoms with Crippen LogP contribution >= 0.6 is 15.9 Å². The SMILES string of the molecule is COc1ccc(-c2noc(COC(=O)C34CC5CC(CC(Br)(C5)C3)C4)n2)cc1OC. The summed E-state index contributed by atoms with van der Waals surface area (Å²) >= 11 is 3.94. The summed E-state index contributed by atoms with van der Waals surface area (Å²) in [6.07, 6.45) is 6.36. The van der Waals surface area contributed by atoms with Crippen LogP contribution in [0.4, 0.5) is 0 Å². The van der Waals surface area contributed by atoms with E-state index in [1.165, 1.54) is 19.3 Å². The largest absolute Gasteiger partial charge is 0.493 e. The molecule has 7 nitrogen and oxygen atoms in total. The summed E-state index contributed by atoms with van der Waals surface area (Å²) in [5, 5.41) is 4.02. The summed E-state index contributed by atoms with van der Waals surface area (Å²) in [5.41, 5.74) is 0.371. The highest BCUT2D eigenvalue weighted by atomic mass is 79.9. The predicted molar refractivity (Wildman–Crippen MR) is 111 cm³/mol. The lowest BCUT2D eigenvalue weighted by Gasteiger charge is -2.58. The van der Waals surface area contributed by atoms with Crippen LogP contribution in [0, 0.1) is 17.3 Å². The molecule has 0 aliphatic heterocycles. The maximum atomic E-state index is 13.1. The number of rotatable bonds is 6. The maximum absolute atomic E-state index is 13.1. The molecule has 4 aliphatic rings. The fraction of sp³-hybridized carbons (Fsp3) is 0.591. The van der Waals surface area contributed by atoms with E-state index in [1.54, 1.807) is 26.4 Å². The number of nitrogens with zero attached hydrogens (tertiary/aromatic N) is 2. The van der Waals surface area contributed by atoms with Crippen LogP contribution in [0.5, 0.6) is 11.5 Å². The van der Waals surface area contributed by atoms with Gasteiger partial charge in [0, 0.05) is 9.89 Å². The Hall–Kier alpha value is -2.09. The predicted octanol–water partition coefficient (Wildman–Crippen LogP) is 4.53. The lowest BCUT2D eigenvalue weighted by Crippen LogP contribution is -2.56. The summed E-state index contributed by atoms with van der Waals surface area (Å²) in [6.45, 7) is -0.00844. The number of methoxy groups -OCH3 is 2. The fourth-order valence-corrected chi connectivity index (χ4v) is 7.53. The molecular weight excluding hydrogens is 452 g/mol. The number of hydrogen-bond donors (Lipinski definition) is 0. The van der Waals surface area contributed by atoms with E-state index in [9.17, 15) is 4.79 Å². The molecule has 1 aromatic heterocycles. The monoisotopic (exact) mass is 476 g/mol. The molecule has 4 bridgehead atoms. The molecule has 0 spiro atoms. The smallest absolute Gasteiger partial charge is 0.312 e. The minimum Gasteiger partial charge on any atom is -0.493 e. The van der Waals surface area contributed by atoms with E-state index in [0.29, 0.717) is 29.2 Å². The number of halogens is 1. The summed E-state index contributed by atoms with van der Waals surface area (Å²) in [5.74, 6) is 3.03. The molecule has 8 heteroatoms. The first-order chi connectivity index (χ1) is 14.4. The molecule has 2 aromatic rings. The van der Waals surface area contributed by atoms with Crippen molar-refractivity contribution < 1.29 is 23.5 Å². The quantitative estimate of drug-likeness (QED) is 0.447. The van der Waals surface area contributed by atoms with Gasteiger partial charge in [0.05, 0.1) is 19.6 Å². The number of esters is 1. The van der Waals surface area contributed by atoms with E-state index in [1.807, 2.05) is 6.07 Å². The second-order valence-corrected chi connectivity index (χ2v) is 10.7. The third-order valence-electron chi connectivity index (χ3n) is 6.86. The number of hydrogen-bond acceptors (Lipinski definition) is 7. The Morgan fingerprint density at radius 3 is 2.57 bits per heavy atom. The van der Waals surface area contributed by atoms with Crippen molar-refractivity contribution in [2.45, 2.75) is 49.5 Å². The summed E-state index contributed by atoms with van der Waals surface area (Å²) in [4.78, 5) is 17.5. The van der Waals surface area contributed by atoms with Gasteiger partial charge in [-0.2, -0.15) is 4.98 Å². The van der Waals surface area contributed by atoms with E-state index in [0.717, 1.165) is 24.8 Å². The first kappa shape index (κ1) is 19.8. The van der Waals surface area contributed by atoms with E-state index < -0.39 is 0 Å². The van der Waals surface area contributed by atoms with Crippen molar-refractivity contribution in [1.29, 1.82) is 0 Å². The zero-order chi connectivity index (χ0) is 20.9. The number of benzene rings is 1. The molecule has 4 fully saturated rings. The molecular formula is C22H25BrN2O5. The lowest BCUT2D eigenvalue weighted by atomic mass is 9.49. The van der Waals surface area contributed by atoms with E-state index >= 15 is 0 Å². The minimum atomic E-state index is -0.361. The lowest BCUT2D eigenvalue weighted by molar-refractivity contribution is -0.171. The van der Waals surface area contributed by atoms with Crippen molar-refractivity contribution in [3.63, 3.8) is 0 Å². The van der Waals surface area contributed by atoms with Crippen LogP contribution in [0.3, 0.4) is 0 Å². The normalized spacial score (nSPS) is 31.6. The number of carbonyl (C=O) groups is 1. The highest BCUT2D eigenvalue weighted by Gasteiger charge is 2.60. The van der Waals surface area contributed by atoms with Gasteiger partial charge < -0.3 is 18.7 Å². The molecule has 0 amide bonds. The van der Waals surface area contributed by atoms with Gasteiger partial charge in [0.15, 0.2) is 18.1 Å². The second kappa shape index (κ2) is 7.25. The van der Waals surface area contributed by atoms with Crippen molar-refractivity contribution in [1.82, 2.24) is 10.1 Å². The van der Waals surface area contributed by atoms with Gasteiger partial charge in [-0.15, -0.1) is 0 Å². The molecule has 0 saturated heterocycles. The van der Waals surface area contributed by atoms with Crippen LogP contribution in [0.15, 0.2) is 22.7 Å². The second-order valence-electron chi connectivity index (χ2n) is 9.05. The number of carbonyl (C=O) groups excluding carboxylic acids is 1. The van der Waals surface area contributed by atoms with Crippen molar-refractivity contribution in [3.8, 4) is 22.9 Å². The Bertz CT molecular complexity index is 960. The molecule has 160 valence electrons. The molecule has 4 saturated carbocycles. The van der Waals surface area contributed by atoms with E-state index in [-0.39, 0.29) is 28.2 Å². The molecule has 2 atom stereocenters. The maximum Gasteiger partial charge on any atom is 0.312 e. The molecule has 1 aromatic carbocycles. The van der Waals surface area contributed by atoms with E-state index in [4.69, 9.17) is 18.7 Å². The Balaban J connectivity index is 1.27. The topological polar surface area (TPSA) is 83.7 Å². The molecule has 1 heterocycles. The average Bonchev–Trinajstić information content (AvgIpc) is 3.18. The number of aromatic nitrogens is 2. The molecule has 30 heavy (non-hydrogen) atoms. The third kappa shape index (κ3) is 3.39. The fourth-order valence-electron chi connectivity index (χ4n) is 6.08. The van der Waals surface area contributed by atoms with Crippen LogP contribution in [-0.2, 0) is 16.1 Å². The molecule has 0 radical (unpaired) electrons. The highest BCUT2D eigenvalue weighted by molar-refractivity contribution is 9.10. The summed E-state index contributed by atoms with van der Waals surface area (Å²) < 4.78 is 21.7.